The predicted molar refractivity (Wildman–Crippen MR) is 108 cm³/mol. The molecule has 0 N–H and O–H groups in total. The van der Waals surface area contributed by atoms with E-state index in [2.05, 4.69) is 0 Å². The molecule has 1 amide bonds. The molecule has 1 aliphatic heterocycles. The lowest BCUT2D eigenvalue weighted by molar-refractivity contribution is -0.111. The Morgan fingerprint density at radius 2 is 1.28 bits per heavy atom. The Balaban J connectivity index is 1.88. The molecular formula is C21H14ClNOS. The predicted octanol–water partition coefficient (Wildman–Crippen LogP) is 4.82. The van der Waals surface area contributed by atoms with Gasteiger partial charge in [0.2, 0.25) is 0 Å². The first-order valence-electron chi connectivity index (χ1n) is 7.86. The van der Waals surface area contributed by atoms with Gasteiger partial charge in [-0.2, -0.15) is 0 Å². The minimum Gasteiger partial charge on any atom is -0.267 e. The van der Waals surface area contributed by atoms with E-state index in [0.29, 0.717) is 5.02 Å². The molecule has 0 unspecified atom stereocenters. The van der Waals surface area contributed by atoms with Gasteiger partial charge in [-0.05, 0) is 29.8 Å². The summed E-state index contributed by atoms with van der Waals surface area (Å²) in [5.74, 6) is -0.0163. The van der Waals surface area contributed by atoms with Crippen LogP contribution in [0.15, 0.2) is 84.9 Å². The summed E-state index contributed by atoms with van der Waals surface area (Å²) in [6, 6.07) is 27.1. The molecule has 25 heavy (non-hydrogen) atoms. The molecule has 0 atom stereocenters. The van der Waals surface area contributed by atoms with E-state index in [-0.39, 0.29) is 5.91 Å². The number of anilines is 1. The van der Waals surface area contributed by atoms with Crippen molar-refractivity contribution in [1.82, 2.24) is 0 Å². The van der Waals surface area contributed by atoms with Crippen LogP contribution in [0.4, 0.5) is 5.69 Å². The Bertz CT molecular complexity index is 991. The monoisotopic (exact) mass is 363 g/mol. The summed E-state index contributed by atoms with van der Waals surface area (Å²) >= 11 is 6.01. The standard InChI is InChI=1S/C21H14ClNOS/c22-17-11-13-18(14-12-17)23-20(24)19(15-7-3-1-4-8-15)25-21(23)16-9-5-2-6-10-16/h1-14H. The number of halogens is 1. The molecular weight excluding hydrogens is 350 g/mol. The van der Waals surface area contributed by atoms with Crippen LogP contribution < -0.4 is 4.90 Å². The van der Waals surface area contributed by atoms with Crippen molar-refractivity contribution < 1.29 is 4.79 Å². The Hall–Kier alpha value is -2.62. The first-order valence-corrected chi connectivity index (χ1v) is 9.06. The number of amides is 1. The third-order valence-electron chi connectivity index (χ3n) is 3.94. The summed E-state index contributed by atoms with van der Waals surface area (Å²) in [7, 11) is 1.51. The van der Waals surface area contributed by atoms with Gasteiger partial charge < -0.3 is 0 Å². The van der Waals surface area contributed by atoms with E-state index < -0.39 is 0 Å². The highest BCUT2D eigenvalue weighted by molar-refractivity contribution is 8.01. The number of hydrogen-bond acceptors (Lipinski definition) is 1. The van der Waals surface area contributed by atoms with Gasteiger partial charge in [-0.3, -0.25) is 9.69 Å². The van der Waals surface area contributed by atoms with Crippen LogP contribution in [0, 0.1) is 0 Å². The van der Waals surface area contributed by atoms with Gasteiger partial charge in [0.1, 0.15) is 9.85 Å². The lowest BCUT2D eigenvalue weighted by Gasteiger charge is -2.21. The molecule has 0 bridgehead atoms. The molecule has 122 valence electrons. The largest absolute Gasteiger partial charge is 0.274 e. The Morgan fingerprint density at radius 3 is 1.88 bits per heavy atom. The Kier molecular flexibility index (Phi) is 4.26. The molecule has 4 heteroatoms. The van der Waals surface area contributed by atoms with Crippen LogP contribution in [0.1, 0.15) is 11.1 Å². The quantitative estimate of drug-likeness (QED) is 0.611. The summed E-state index contributed by atoms with van der Waals surface area (Å²) in [5, 5.41) is 0.650. The van der Waals surface area contributed by atoms with Crippen LogP contribution >= 0.6 is 22.5 Å². The maximum absolute atomic E-state index is 13.2. The van der Waals surface area contributed by atoms with Crippen molar-refractivity contribution in [3.63, 3.8) is 0 Å². The highest BCUT2D eigenvalue weighted by Crippen LogP contribution is 2.26. The molecule has 0 fully saturated rings. The van der Waals surface area contributed by atoms with E-state index in [4.69, 9.17) is 11.6 Å². The van der Waals surface area contributed by atoms with Gasteiger partial charge in [0.05, 0.1) is 5.69 Å². The topological polar surface area (TPSA) is 20.3 Å². The molecule has 0 radical (unpaired) electrons. The molecule has 4 rings (SSSR count). The van der Waals surface area contributed by atoms with Crippen LogP contribution in [0.5, 0.6) is 0 Å². The molecule has 0 spiro atoms. The smallest absolute Gasteiger partial charge is 0.267 e. The van der Waals surface area contributed by atoms with Gasteiger partial charge in [-0.25, -0.2) is 0 Å². The first kappa shape index (κ1) is 15.9. The zero-order chi connectivity index (χ0) is 17.2. The zero-order valence-corrected chi connectivity index (χ0v) is 14.8. The average Bonchev–Trinajstić information content (AvgIpc) is 3.01. The number of carbonyl (C=O) groups excluding carboxylic acids is 1. The maximum atomic E-state index is 13.2. The number of hydrogen-bond donors (Lipinski definition) is 0. The van der Waals surface area contributed by atoms with Crippen molar-refractivity contribution in [3.8, 4) is 0 Å². The van der Waals surface area contributed by atoms with E-state index in [0.717, 1.165) is 26.7 Å². The van der Waals surface area contributed by atoms with Crippen LogP contribution in [0.25, 0.3) is 0 Å². The minimum absolute atomic E-state index is 0.0163. The third kappa shape index (κ3) is 3.04. The van der Waals surface area contributed by atoms with Crippen molar-refractivity contribution in [2.75, 3.05) is 4.90 Å². The Morgan fingerprint density at radius 1 is 0.720 bits per heavy atom. The van der Waals surface area contributed by atoms with Crippen molar-refractivity contribution in [1.29, 1.82) is 0 Å². The second kappa shape index (κ2) is 6.71. The average molecular weight is 364 g/mol. The lowest BCUT2D eigenvalue weighted by Crippen LogP contribution is -2.36. The van der Waals surface area contributed by atoms with Crippen LogP contribution in [-0.4, -0.2) is 15.8 Å². The third-order valence-corrected chi connectivity index (χ3v) is 5.42. The van der Waals surface area contributed by atoms with E-state index in [1.54, 1.807) is 17.0 Å². The lowest BCUT2D eigenvalue weighted by atomic mass is 10.1. The molecule has 0 saturated carbocycles. The fraction of sp³-hybridized carbons (Fsp3) is 0. The number of nitrogens with zero attached hydrogens (tertiary/aromatic N) is 1. The molecule has 3 aromatic rings. The SMILES string of the molecule is O=C1C(c2ccccc2)=S=C(c2ccccc2)N1c1ccc(Cl)cc1. The molecule has 1 heterocycles. The zero-order valence-electron chi connectivity index (χ0n) is 13.2. The van der Waals surface area contributed by atoms with Crippen LogP contribution in [0.2, 0.25) is 5.02 Å². The Labute approximate surface area is 154 Å². The fourth-order valence-corrected chi connectivity index (χ4v) is 4.03. The van der Waals surface area contributed by atoms with E-state index in [9.17, 15) is 4.79 Å². The van der Waals surface area contributed by atoms with Crippen LogP contribution in [0.3, 0.4) is 0 Å². The van der Waals surface area contributed by atoms with E-state index >= 15 is 0 Å². The normalized spacial score (nSPS) is 14.0. The van der Waals surface area contributed by atoms with Gasteiger partial charge in [0, 0.05) is 10.6 Å². The maximum Gasteiger partial charge on any atom is 0.274 e. The summed E-state index contributed by atoms with van der Waals surface area (Å²) in [6.07, 6.45) is 0. The number of benzene rings is 3. The summed E-state index contributed by atoms with van der Waals surface area (Å²) in [6.45, 7) is 0. The second-order valence-electron chi connectivity index (χ2n) is 5.59. The summed E-state index contributed by atoms with van der Waals surface area (Å²) < 4.78 is 0. The van der Waals surface area contributed by atoms with Crippen molar-refractivity contribution in [3.05, 3.63) is 101 Å². The van der Waals surface area contributed by atoms with Crippen molar-refractivity contribution in [2.24, 2.45) is 0 Å². The number of rotatable bonds is 3. The van der Waals surface area contributed by atoms with Crippen molar-refractivity contribution >= 4 is 44.0 Å². The molecule has 0 aliphatic carbocycles. The van der Waals surface area contributed by atoms with Gasteiger partial charge in [0.25, 0.3) is 5.91 Å². The first-order chi connectivity index (χ1) is 12.2. The van der Waals surface area contributed by atoms with Gasteiger partial charge in [0.15, 0.2) is 0 Å². The van der Waals surface area contributed by atoms with Crippen molar-refractivity contribution in [2.45, 2.75) is 0 Å². The molecule has 1 aliphatic rings. The highest BCUT2D eigenvalue weighted by Gasteiger charge is 2.30. The fourth-order valence-electron chi connectivity index (χ4n) is 2.75. The molecule has 0 aromatic heterocycles. The summed E-state index contributed by atoms with van der Waals surface area (Å²) in [4.78, 5) is 16.6. The molecule has 0 saturated heterocycles. The van der Waals surface area contributed by atoms with Crippen LogP contribution in [-0.2, 0) is 4.79 Å². The van der Waals surface area contributed by atoms with Gasteiger partial charge in [-0.15, -0.1) is 10.9 Å². The minimum atomic E-state index is -0.0163. The molecule has 2 nitrogen and oxygen atoms in total. The van der Waals surface area contributed by atoms with E-state index in [1.807, 2.05) is 72.8 Å². The summed E-state index contributed by atoms with van der Waals surface area (Å²) in [5.41, 5.74) is 2.76. The number of carbonyl (C=O) groups is 1. The van der Waals surface area contributed by atoms with Gasteiger partial charge >= 0.3 is 0 Å². The second-order valence-corrected chi connectivity index (χ2v) is 7.02. The highest BCUT2D eigenvalue weighted by atomic mass is 35.5. The van der Waals surface area contributed by atoms with E-state index in [1.165, 1.54) is 10.9 Å². The van der Waals surface area contributed by atoms with Gasteiger partial charge in [-0.1, -0.05) is 72.3 Å². The molecule has 3 aromatic carbocycles.